The molecule has 7 heteroatoms. The van der Waals surface area contributed by atoms with E-state index in [2.05, 4.69) is 5.10 Å². The fraction of sp³-hybridized carbons (Fsp3) is 0.238. The molecule has 2 aromatic carbocycles. The van der Waals surface area contributed by atoms with E-state index < -0.39 is 35.6 Å². The first kappa shape index (κ1) is 16.8. The van der Waals surface area contributed by atoms with Gasteiger partial charge in [-0.25, -0.2) is 9.29 Å². The van der Waals surface area contributed by atoms with Crippen molar-refractivity contribution in [2.75, 3.05) is 4.90 Å². The number of amides is 2. The van der Waals surface area contributed by atoms with Crippen LogP contribution in [0.1, 0.15) is 24.1 Å². The predicted octanol–water partition coefficient (Wildman–Crippen LogP) is 2.29. The number of Topliss-reactive ketones (excluding diaryl/α,β-unsaturated/α-hetero) is 1. The van der Waals surface area contributed by atoms with Crippen molar-refractivity contribution in [2.24, 2.45) is 16.9 Å². The molecule has 0 spiro atoms. The summed E-state index contributed by atoms with van der Waals surface area (Å²) in [4.78, 5) is 40.1. The lowest BCUT2D eigenvalue weighted by molar-refractivity contribution is -0.129. The van der Waals surface area contributed by atoms with Gasteiger partial charge in [-0.3, -0.25) is 19.4 Å². The second-order valence-corrected chi connectivity index (χ2v) is 7.29. The monoisotopic (exact) mass is 377 g/mol. The van der Waals surface area contributed by atoms with E-state index in [-0.39, 0.29) is 11.7 Å². The van der Waals surface area contributed by atoms with Gasteiger partial charge in [-0.1, -0.05) is 24.3 Å². The van der Waals surface area contributed by atoms with Crippen molar-refractivity contribution in [1.82, 2.24) is 5.01 Å². The molecule has 2 amide bonds. The molecule has 6 nitrogen and oxygen atoms in total. The molecule has 0 bridgehead atoms. The number of halogens is 1. The van der Waals surface area contributed by atoms with Gasteiger partial charge >= 0.3 is 0 Å². The normalized spacial score (nSPS) is 27.6. The number of hydrazone groups is 1. The van der Waals surface area contributed by atoms with Crippen LogP contribution < -0.4 is 4.90 Å². The Balaban J connectivity index is 1.65. The van der Waals surface area contributed by atoms with Crippen molar-refractivity contribution in [3.63, 3.8) is 0 Å². The van der Waals surface area contributed by atoms with E-state index in [0.717, 1.165) is 16.0 Å². The van der Waals surface area contributed by atoms with E-state index in [1.165, 1.54) is 31.2 Å². The number of nitrogens with zero attached hydrogens (tertiary/aromatic N) is 3. The van der Waals surface area contributed by atoms with Crippen LogP contribution in [0.4, 0.5) is 10.1 Å². The summed E-state index contributed by atoms with van der Waals surface area (Å²) in [6.07, 6.45) is 1.66. The highest BCUT2D eigenvalue weighted by molar-refractivity contribution is 6.24. The Morgan fingerprint density at radius 1 is 1.00 bits per heavy atom. The molecule has 4 atom stereocenters. The Morgan fingerprint density at radius 3 is 2.39 bits per heavy atom. The van der Waals surface area contributed by atoms with Crippen LogP contribution >= 0.6 is 0 Å². The maximum atomic E-state index is 13.3. The molecule has 0 saturated carbocycles. The Labute approximate surface area is 160 Å². The van der Waals surface area contributed by atoms with Crippen molar-refractivity contribution >= 4 is 29.5 Å². The molecule has 28 heavy (non-hydrogen) atoms. The van der Waals surface area contributed by atoms with Gasteiger partial charge in [-0.15, -0.1) is 0 Å². The molecule has 140 valence electrons. The zero-order chi connectivity index (χ0) is 19.6. The molecule has 2 fully saturated rings. The maximum Gasteiger partial charge on any atom is 0.240 e. The van der Waals surface area contributed by atoms with Crippen LogP contribution in [0.5, 0.6) is 0 Å². The minimum absolute atomic E-state index is 0.212. The molecular formula is C21H16FN3O3. The van der Waals surface area contributed by atoms with Crippen LogP contribution in [0.2, 0.25) is 0 Å². The maximum absolute atomic E-state index is 13.3. The second-order valence-electron chi connectivity index (χ2n) is 7.29. The van der Waals surface area contributed by atoms with Crippen LogP contribution in [0.3, 0.4) is 0 Å². The summed E-state index contributed by atoms with van der Waals surface area (Å²) in [5.41, 5.74) is 2.05. The third kappa shape index (κ3) is 2.13. The smallest absolute Gasteiger partial charge is 0.240 e. The van der Waals surface area contributed by atoms with Crippen molar-refractivity contribution in [3.05, 3.63) is 65.5 Å². The van der Waals surface area contributed by atoms with Gasteiger partial charge in [-0.2, -0.15) is 5.10 Å². The zero-order valence-electron chi connectivity index (χ0n) is 14.9. The minimum atomic E-state index is -0.816. The summed E-state index contributed by atoms with van der Waals surface area (Å²) >= 11 is 0. The number of imide groups is 1. The van der Waals surface area contributed by atoms with E-state index in [9.17, 15) is 18.8 Å². The van der Waals surface area contributed by atoms with Crippen LogP contribution in [0.15, 0.2) is 53.6 Å². The van der Waals surface area contributed by atoms with E-state index >= 15 is 0 Å². The SMILES string of the molecule is CC(=O)[C@@H]1[C@@H]2C(=O)N(c3ccc(F)cc3)C(=O)[C@H]2[C@H]2c3ccccc3C=NN12. The molecule has 0 N–H and O–H groups in total. The Morgan fingerprint density at radius 2 is 1.68 bits per heavy atom. The largest absolute Gasteiger partial charge is 0.298 e. The van der Waals surface area contributed by atoms with Gasteiger partial charge in [0, 0.05) is 0 Å². The summed E-state index contributed by atoms with van der Waals surface area (Å²) in [6.45, 7) is 1.42. The molecule has 0 aliphatic carbocycles. The molecule has 3 aliphatic rings. The first-order chi connectivity index (χ1) is 13.5. The highest BCUT2D eigenvalue weighted by Crippen LogP contribution is 2.52. The number of carbonyl (C=O) groups is 3. The van der Waals surface area contributed by atoms with E-state index in [1.807, 2.05) is 24.3 Å². The highest BCUT2D eigenvalue weighted by atomic mass is 19.1. The number of hydrogen-bond acceptors (Lipinski definition) is 5. The van der Waals surface area contributed by atoms with Crippen molar-refractivity contribution in [2.45, 2.75) is 19.0 Å². The predicted molar refractivity (Wildman–Crippen MR) is 99.0 cm³/mol. The molecule has 2 aromatic rings. The first-order valence-corrected chi connectivity index (χ1v) is 9.04. The number of fused-ring (bicyclic) bond motifs is 5. The number of rotatable bonds is 2. The second kappa shape index (κ2) is 5.82. The van der Waals surface area contributed by atoms with Crippen LogP contribution in [0, 0.1) is 17.7 Å². The molecule has 3 heterocycles. The average Bonchev–Trinajstić information content (AvgIpc) is 3.16. The first-order valence-electron chi connectivity index (χ1n) is 9.04. The summed E-state index contributed by atoms with van der Waals surface area (Å²) in [5, 5.41) is 6.02. The standard InChI is InChI=1S/C21H16FN3O3/c1-11(26)18-16-17(19-15-5-3-2-4-12(15)10-23-25(18)19)21(28)24(20(16)27)14-8-6-13(22)7-9-14/h2-10,16-19H,1H3/t16-,17-,18-,19-/m1/s1. The van der Waals surface area contributed by atoms with E-state index in [1.54, 1.807) is 11.2 Å². The lowest BCUT2D eigenvalue weighted by Crippen LogP contribution is -2.43. The van der Waals surface area contributed by atoms with Gasteiger partial charge in [-0.05, 0) is 42.3 Å². The molecule has 5 rings (SSSR count). The number of ketones is 1. The van der Waals surface area contributed by atoms with Gasteiger partial charge in [0.15, 0.2) is 5.78 Å². The van der Waals surface area contributed by atoms with Crippen molar-refractivity contribution in [3.8, 4) is 0 Å². The Kier molecular flexibility index (Phi) is 3.49. The van der Waals surface area contributed by atoms with Crippen LogP contribution in [0.25, 0.3) is 0 Å². The molecule has 3 aliphatic heterocycles. The lowest BCUT2D eigenvalue weighted by atomic mass is 9.84. The van der Waals surface area contributed by atoms with Gasteiger partial charge in [0.25, 0.3) is 0 Å². The lowest BCUT2D eigenvalue weighted by Gasteiger charge is -2.33. The molecule has 0 aromatic heterocycles. The zero-order valence-corrected chi connectivity index (χ0v) is 14.9. The number of benzene rings is 2. The van der Waals surface area contributed by atoms with Crippen molar-refractivity contribution < 1.29 is 18.8 Å². The van der Waals surface area contributed by atoms with Gasteiger partial charge in [0.1, 0.15) is 11.9 Å². The summed E-state index contributed by atoms with van der Waals surface area (Å²) in [7, 11) is 0. The average molecular weight is 377 g/mol. The molecule has 2 saturated heterocycles. The molecule has 0 radical (unpaired) electrons. The topological polar surface area (TPSA) is 70.0 Å². The summed E-state index contributed by atoms with van der Waals surface area (Å²) in [5.74, 6) is -3.02. The van der Waals surface area contributed by atoms with Crippen LogP contribution in [-0.2, 0) is 14.4 Å². The quantitative estimate of drug-likeness (QED) is 0.753. The fourth-order valence-electron chi connectivity index (χ4n) is 4.67. The third-order valence-electron chi connectivity index (χ3n) is 5.79. The number of carbonyl (C=O) groups excluding carboxylic acids is 3. The minimum Gasteiger partial charge on any atom is -0.298 e. The van der Waals surface area contributed by atoms with E-state index in [0.29, 0.717) is 5.69 Å². The van der Waals surface area contributed by atoms with Gasteiger partial charge in [0.2, 0.25) is 11.8 Å². The highest BCUT2D eigenvalue weighted by Gasteiger charge is 2.64. The van der Waals surface area contributed by atoms with Crippen LogP contribution in [-0.4, -0.2) is 34.9 Å². The number of anilines is 1. The van der Waals surface area contributed by atoms with Crippen molar-refractivity contribution in [1.29, 1.82) is 0 Å². The summed E-state index contributed by atoms with van der Waals surface area (Å²) in [6, 6.07) is 11.5. The molecular weight excluding hydrogens is 361 g/mol. The Bertz CT molecular complexity index is 1050. The fourth-order valence-corrected chi connectivity index (χ4v) is 4.67. The summed E-state index contributed by atoms with van der Waals surface area (Å²) < 4.78 is 13.3. The van der Waals surface area contributed by atoms with Gasteiger partial charge < -0.3 is 0 Å². The number of hydrogen-bond donors (Lipinski definition) is 0. The van der Waals surface area contributed by atoms with Gasteiger partial charge in [0.05, 0.1) is 29.8 Å². The third-order valence-corrected chi connectivity index (χ3v) is 5.79. The van der Waals surface area contributed by atoms with E-state index in [4.69, 9.17) is 0 Å². The molecule has 0 unspecified atom stereocenters. The Hall–Kier alpha value is -3.35.